The second kappa shape index (κ2) is 6.50. The fourth-order valence-electron chi connectivity index (χ4n) is 1.43. The molecule has 2 aromatic carbocycles. The maximum absolute atomic E-state index is 11.8. The summed E-state index contributed by atoms with van der Waals surface area (Å²) in [5, 5.41) is 4.47. The van der Waals surface area contributed by atoms with E-state index >= 15 is 0 Å². The summed E-state index contributed by atoms with van der Waals surface area (Å²) in [4.78, 5) is 11.8. The monoisotopic (exact) mass is 336 g/mol. The first-order chi connectivity index (χ1) is 9.16. The molecular formula is C14H10BrClN2O. The van der Waals surface area contributed by atoms with Gasteiger partial charge in [-0.1, -0.05) is 51.8 Å². The first-order valence-electron chi connectivity index (χ1n) is 5.50. The van der Waals surface area contributed by atoms with E-state index in [1.165, 1.54) is 6.21 Å². The molecule has 19 heavy (non-hydrogen) atoms. The zero-order valence-corrected chi connectivity index (χ0v) is 12.1. The Morgan fingerprint density at radius 2 is 2.00 bits per heavy atom. The number of carbonyl (C=O) groups is 1. The molecule has 0 saturated heterocycles. The maximum Gasteiger partial charge on any atom is 0.271 e. The number of halogens is 2. The molecule has 0 aliphatic rings. The Hall–Kier alpha value is -1.65. The van der Waals surface area contributed by atoms with Gasteiger partial charge >= 0.3 is 0 Å². The van der Waals surface area contributed by atoms with E-state index in [0.29, 0.717) is 10.6 Å². The van der Waals surface area contributed by atoms with E-state index in [2.05, 4.69) is 26.5 Å². The predicted octanol–water partition coefficient (Wildman–Crippen LogP) is 3.87. The normalized spacial score (nSPS) is 10.6. The summed E-state index contributed by atoms with van der Waals surface area (Å²) in [5.41, 5.74) is 3.73. The molecule has 5 heteroatoms. The number of rotatable bonds is 3. The van der Waals surface area contributed by atoms with Gasteiger partial charge in [-0.3, -0.25) is 4.79 Å². The van der Waals surface area contributed by atoms with Crippen LogP contribution >= 0.6 is 27.5 Å². The van der Waals surface area contributed by atoms with Crippen molar-refractivity contribution in [1.82, 2.24) is 5.43 Å². The number of nitrogens with one attached hydrogen (secondary N) is 1. The molecule has 0 aliphatic carbocycles. The summed E-state index contributed by atoms with van der Waals surface area (Å²) in [7, 11) is 0. The molecular weight excluding hydrogens is 328 g/mol. The zero-order chi connectivity index (χ0) is 13.7. The minimum atomic E-state index is -0.274. The summed E-state index contributed by atoms with van der Waals surface area (Å²) in [6.07, 6.45) is 1.51. The zero-order valence-electron chi connectivity index (χ0n) is 9.81. The molecule has 0 radical (unpaired) electrons. The van der Waals surface area contributed by atoms with E-state index in [0.717, 1.165) is 10.0 Å². The van der Waals surface area contributed by atoms with Crippen LogP contribution in [0.2, 0.25) is 5.02 Å². The lowest BCUT2D eigenvalue weighted by Gasteiger charge is -2.00. The van der Waals surface area contributed by atoms with Crippen molar-refractivity contribution in [2.45, 2.75) is 0 Å². The lowest BCUT2D eigenvalue weighted by Crippen LogP contribution is -2.17. The van der Waals surface area contributed by atoms with Crippen LogP contribution in [0.15, 0.2) is 58.1 Å². The van der Waals surface area contributed by atoms with Gasteiger partial charge in [0.1, 0.15) is 0 Å². The van der Waals surface area contributed by atoms with Crippen LogP contribution in [0.3, 0.4) is 0 Å². The molecule has 0 spiro atoms. The number of benzene rings is 2. The Morgan fingerprint density at radius 3 is 2.74 bits per heavy atom. The van der Waals surface area contributed by atoms with Crippen LogP contribution in [-0.4, -0.2) is 12.1 Å². The summed E-state index contributed by atoms with van der Waals surface area (Å²) in [6.45, 7) is 0. The largest absolute Gasteiger partial charge is 0.271 e. The molecule has 0 aliphatic heterocycles. The van der Waals surface area contributed by atoms with Gasteiger partial charge in [0, 0.05) is 20.6 Å². The molecule has 2 aromatic rings. The van der Waals surface area contributed by atoms with Crippen molar-refractivity contribution in [2.75, 3.05) is 0 Å². The van der Waals surface area contributed by atoms with E-state index in [4.69, 9.17) is 11.6 Å². The smallest absolute Gasteiger partial charge is 0.267 e. The van der Waals surface area contributed by atoms with Crippen molar-refractivity contribution in [2.24, 2.45) is 5.10 Å². The van der Waals surface area contributed by atoms with E-state index in [1.807, 2.05) is 24.3 Å². The van der Waals surface area contributed by atoms with Gasteiger partial charge in [0.05, 0.1) is 6.21 Å². The van der Waals surface area contributed by atoms with Crippen LogP contribution in [0.4, 0.5) is 0 Å². The summed E-state index contributed by atoms with van der Waals surface area (Å²) in [5.74, 6) is -0.274. The van der Waals surface area contributed by atoms with Crippen molar-refractivity contribution >= 4 is 39.7 Å². The van der Waals surface area contributed by atoms with Gasteiger partial charge in [-0.25, -0.2) is 5.43 Å². The van der Waals surface area contributed by atoms with Gasteiger partial charge in [-0.05, 0) is 24.3 Å². The molecule has 0 fully saturated rings. The van der Waals surface area contributed by atoms with E-state index < -0.39 is 0 Å². The molecule has 1 amide bonds. The van der Waals surface area contributed by atoms with Crippen LogP contribution in [0.25, 0.3) is 0 Å². The second-order valence-corrected chi connectivity index (χ2v) is 5.05. The highest BCUT2D eigenvalue weighted by molar-refractivity contribution is 9.10. The molecule has 0 unspecified atom stereocenters. The van der Waals surface area contributed by atoms with Gasteiger partial charge < -0.3 is 0 Å². The molecule has 96 valence electrons. The van der Waals surface area contributed by atoms with Crippen molar-refractivity contribution in [3.63, 3.8) is 0 Å². The van der Waals surface area contributed by atoms with Crippen molar-refractivity contribution in [1.29, 1.82) is 0 Å². The Labute approximate surface area is 124 Å². The summed E-state index contributed by atoms with van der Waals surface area (Å²) in [6, 6.07) is 14.3. The van der Waals surface area contributed by atoms with Gasteiger partial charge in [0.2, 0.25) is 0 Å². The van der Waals surface area contributed by atoms with Gasteiger partial charge in [0.25, 0.3) is 5.91 Å². The van der Waals surface area contributed by atoms with E-state index in [-0.39, 0.29) is 5.91 Å². The molecule has 0 bridgehead atoms. The molecule has 2 rings (SSSR count). The van der Waals surface area contributed by atoms with E-state index in [9.17, 15) is 4.79 Å². The highest BCUT2D eigenvalue weighted by atomic mass is 79.9. The molecule has 0 saturated carbocycles. The minimum absolute atomic E-state index is 0.274. The predicted molar refractivity (Wildman–Crippen MR) is 80.7 cm³/mol. The van der Waals surface area contributed by atoms with Crippen LogP contribution in [0, 0.1) is 0 Å². The average molecular weight is 338 g/mol. The van der Waals surface area contributed by atoms with Gasteiger partial charge in [-0.15, -0.1) is 0 Å². The Morgan fingerprint density at radius 1 is 1.21 bits per heavy atom. The Bertz CT molecular complexity index is 628. The first kappa shape index (κ1) is 13.8. The third kappa shape index (κ3) is 3.91. The molecule has 1 N–H and O–H groups in total. The van der Waals surface area contributed by atoms with Crippen LogP contribution in [0.5, 0.6) is 0 Å². The molecule has 0 atom stereocenters. The highest BCUT2D eigenvalue weighted by Crippen LogP contribution is 2.13. The third-order valence-corrected chi connectivity index (χ3v) is 3.20. The number of nitrogens with zero attached hydrogens (tertiary/aromatic N) is 1. The fourth-order valence-corrected chi connectivity index (χ4v) is 2.02. The quantitative estimate of drug-likeness (QED) is 0.670. The summed E-state index contributed by atoms with van der Waals surface area (Å²) < 4.78 is 0.843. The van der Waals surface area contributed by atoms with Crippen molar-refractivity contribution in [3.05, 3.63) is 69.2 Å². The minimum Gasteiger partial charge on any atom is -0.267 e. The lowest BCUT2D eigenvalue weighted by atomic mass is 10.2. The number of hydrogen-bond donors (Lipinski definition) is 1. The van der Waals surface area contributed by atoms with Gasteiger partial charge in [-0.2, -0.15) is 5.10 Å². The third-order valence-electron chi connectivity index (χ3n) is 2.36. The lowest BCUT2D eigenvalue weighted by molar-refractivity contribution is 0.0955. The number of hydrogen-bond acceptors (Lipinski definition) is 2. The second-order valence-electron chi connectivity index (χ2n) is 3.73. The van der Waals surface area contributed by atoms with Crippen molar-refractivity contribution in [3.8, 4) is 0 Å². The topological polar surface area (TPSA) is 41.5 Å². The fraction of sp³-hybridized carbons (Fsp3) is 0. The van der Waals surface area contributed by atoms with Crippen LogP contribution in [0.1, 0.15) is 15.9 Å². The first-order valence-corrected chi connectivity index (χ1v) is 6.67. The summed E-state index contributed by atoms with van der Waals surface area (Å²) >= 11 is 9.28. The molecule has 3 nitrogen and oxygen atoms in total. The standard InChI is InChI=1S/C14H10BrClN2O/c15-12-6-3-5-10(8-12)14(19)18-17-9-11-4-1-2-7-13(11)16/h1-9H,(H,18,19)/b17-9-. The SMILES string of the molecule is O=C(N/N=C\c1ccccc1Cl)c1cccc(Br)c1. The number of carbonyl (C=O) groups excluding carboxylic acids is 1. The van der Waals surface area contributed by atoms with Crippen LogP contribution < -0.4 is 5.43 Å². The highest BCUT2D eigenvalue weighted by Gasteiger charge is 2.03. The average Bonchev–Trinajstić information content (AvgIpc) is 2.41. The van der Waals surface area contributed by atoms with E-state index in [1.54, 1.807) is 24.3 Å². The Balaban J connectivity index is 2.03. The van der Waals surface area contributed by atoms with Crippen molar-refractivity contribution < 1.29 is 4.79 Å². The number of amides is 1. The maximum atomic E-state index is 11.8. The Kier molecular flexibility index (Phi) is 4.71. The van der Waals surface area contributed by atoms with Crippen LogP contribution in [-0.2, 0) is 0 Å². The van der Waals surface area contributed by atoms with Gasteiger partial charge in [0.15, 0.2) is 0 Å². The molecule has 0 aromatic heterocycles. The number of hydrazone groups is 1. The molecule has 0 heterocycles.